The summed E-state index contributed by atoms with van der Waals surface area (Å²) in [4.78, 5) is 4.13. The number of halogens is 1. The van der Waals surface area contributed by atoms with E-state index in [0.717, 1.165) is 22.2 Å². The molecule has 0 aliphatic carbocycles. The first-order valence-corrected chi connectivity index (χ1v) is 6.20. The van der Waals surface area contributed by atoms with E-state index in [1.54, 1.807) is 18.5 Å². The minimum atomic E-state index is 0.630. The van der Waals surface area contributed by atoms with Crippen molar-refractivity contribution in [3.63, 3.8) is 0 Å². The van der Waals surface area contributed by atoms with Crippen LogP contribution in [-0.4, -0.2) is 9.38 Å². The van der Waals surface area contributed by atoms with Crippen molar-refractivity contribution in [1.29, 1.82) is 5.26 Å². The van der Waals surface area contributed by atoms with Crippen LogP contribution in [0.15, 0.2) is 43.0 Å². The number of fused-ring (bicyclic) bond motifs is 1. The van der Waals surface area contributed by atoms with Gasteiger partial charge >= 0.3 is 0 Å². The van der Waals surface area contributed by atoms with Crippen LogP contribution in [0.3, 0.4) is 0 Å². The van der Waals surface area contributed by atoms with Gasteiger partial charge in [0, 0.05) is 35.9 Å². The quantitative estimate of drug-likeness (QED) is 0.672. The van der Waals surface area contributed by atoms with Gasteiger partial charge in [0.1, 0.15) is 6.07 Å². The molecule has 0 N–H and O–H groups in total. The van der Waals surface area contributed by atoms with Crippen LogP contribution < -0.4 is 0 Å². The minimum absolute atomic E-state index is 0.630. The monoisotopic (exact) mass is 267 g/mol. The number of aryl methyl sites for hydroxylation is 1. The fourth-order valence-corrected chi connectivity index (χ4v) is 2.55. The average Bonchev–Trinajstić information content (AvgIpc) is 2.75. The van der Waals surface area contributed by atoms with Crippen molar-refractivity contribution in [2.75, 3.05) is 0 Å². The van der Waals surface area contributed by atoms with E-state index in [2.05, 4.69) is 11.1 Å². The summed E-state index contributed by atoms with van der Waals surface area (Å²) in [6.07, 6.45) is 7.31. The molecule has 0 fully saturated rings. The van der Waals surface area contributed by atoms with Crippen molar-refractivity contribution in [3.8, 4) is 17.2 Å². The molecule has 3 aromatic rings. The summed E-state index contributed by atoms with van der Waals surface area (Å²) >= 11 is 6.25. The van der Waals surface area contributed by atoms with Crippen LogP contribution in [0.25, 0.3) is 16.6 Å². The van der Waals surface area contributed by atoms with Gasteiger partial charge in [-0.2, -0.15) is 5.26 Å². The standard InChI is InChI=1S/C15H10ClN3/c1-10-9-19-6-2-3-11(7-17)15(19)14(10)12-8-18-5-4-13(12)16/h2-6,8-9H,1H3. The molecule has 3 rings (SSSR count). The number of aromatic nitrogens is 2. The van der Waals surface area contributed by atoms with Gasteiger partial charge in [0.25, 0.3) is 0 Å². The van der Waals surface area contributed by atoms with Crippen molar-refractivity contribution in [2.24, 2.45) is 0 Å². The molecule has 0 saturated heterocycles. The van der Waals surface area contributed by atoms with Crippen LogP contribution in [0.5, 0.6) is 0 Å². The van der Waals surface area contributed by atoms with E-state index in [1.165, 1.54) is 0 Å². The van der Waals surface area contributed by atoms with E-state index in [1.807, 2.05) is 35.9 Å². The summed E-state index contributed by atoms with van der Waals surface area (Å²) in [6, 6.07) is 7.66. The van der Waals surface area contributed by atoms with E-state index >= 15 is 0 Å². The number of rotatable bonds is 1. The smallest absolute Gasteiger partial charge is 0.101 e. The van der Waals surface area contributed by atoms with Gasteiger partial charge in [0.2, 0.25) is 0 Å². The lowest BCUT2D eigenvalue weighted by Crippen LogP contribution is -1.88. The van der Waals surface area contributed by atoms with Crippen LogP contribution in [0, 0.1) is 18.3 Å². The second-order valence-electron chi connectivity index (χ2n) is 4.33. The largest absolute Gasteiger partial charge is 0.322 e. The Labute approximate surface area is 115 Å². The van der Waals surface area contributed by atoms with Gasteiger partial charge in [-0.15, -0.1) is 0 Å². The Morgan fingerprint density at radius 1 is 1.37 bits per heavy atom. The van der Waals surface area contributed by atoms with Crippen LogP contribution in [0.1, 0.15) is 11.1 Å². The molecule has 0 amide bonds. The maximum Gasteiger partial charge on any atom is 0.101 e. The summed E-state index contributed by atoms with van der Waals surface area (Å²) in [5, 5.41) is 9.91. The van der Waals surface area contributed by atoms with Crippen LogP contribution in [-0.2, 0) is 0 Å². The Kier molecular flexibility index (Phi) is 2.73. The predicted molar refractivity (Wildman–Crippen MR) is 75.1 cm³/mol. The molecule has 0 spiro atoms. The molecule has 0 aromatic carbocycles. The SMILES string of the molecule is Cc1cn2cccc(C#N)c2c1-c1cnccc1Cl. The molecule has 0 radical (unpaired) electrons. The van der Waals surface area contributed by atoms with E-state index in [-0.39, 0.29) is 0 Å². The van der Waals surface area contributed by atoms with Crippen LogP contribution in [0.4, 0.5) is 0 Å². The normalized spacial score (nSPS) is 10.6. The van der Waals surface area contributed by atoms with Gasteiger partial charge in [-0.1, -0.05) is 11.6 Å². The molecule has 0 unspecified atom stereocenters. The van der Waals surface area contributed by atoms with E-state index in [4.69, 9.17) is 11.6 Å². The van der Waals surface area contributed by atoms with Gasteiger partial charge in [-0.3, -0.25) is 4.98 Å². The van der Waals surface area contributed by atoms with Crippen LogP contribution >= 0.6 is 11.6 Å². The Morgan fingerprint density at radius 3 is 2.95 bits per heavy atom. The molecule has 0 aliphatic rings. The fraction of sp³-hybridized carbons (Fsp3) is 0.0667. The molecule has 3 nitrogen and oxygen atoms in total. The molecule has 3 aromatic heterocycles. The molecule has 0 saturated carbocycles. The predicted octanol–water partition coefficient (Wildman–Crippen LogP) is 3.83. The highest BCUT2D eigenvalue weighted by Gasteiger charge is 2.15. The van der Waals surface area contributed by atoms with Gasteiger partial charge in [-0.25, -0.2) is 0 Å². The molecule has 0 bridgehead atoms. The zero-order chi connectivity index (χ0) is 13.4. The third kappa shape index (κ3) is 1.78. The third-order valence-electron chi connectivity index (χ3n) is 3.14. The van der Waals surface area contributed by atoms with Crippen molar-refractivity contribution >= 4 is 17.1 Å². The van der Waals surface area contributed by atoms with Crippen LogP contribution in [0.2, 0.25) is 5.02 Å². The van der Waals surface area contributed by atoms with Gasteiger partial charge in [0.15, 0.2) is 0 Å². The zero-order valence-corrected chi connectivity index (χ0v) is 11.0. The lowest BCUT2D eigenvalue weighted by atomic mass is 10.0. The lowest BCUT2D eigenvalue weighted by molar-refractivity contribution is 1.18. The molecule has 19 heavy (non-hydrogen) atoms. The van der Waals surface area contributed by atoms with E-state index in [9.17, 15) is 5.26 Å². The van der Waals surface area contributed by atoms with Crippen molar-refractivity contribution < 1.29 is 0 Å². The van der Waals surface area contributed by atoms with Crippen molar-refractivity contribution in [1.82, 2.24) is 9.38 Å². The highest BCUT2D eigenvalue weighted by molar-refractivity contribution is 6.33. The maximum absolute atomic E-state index is 9.27. The number of pyridine rings is 2. The fourth-order valence-electron chi connectivity index (χ4n) is 2.35. The highest BCUT2D eigenvalue weighted by Crippen LogP contribution is 2.35. The Bertz CT molecular complexity index is 812. The first kappa shape index (κ1) is 11.8. The summed E-state index contributed by atoms with van der Waals surface area (Å²) in [5.41, 5.74) is 4.39. The summed E-state index contributed by atoms with van der Waals surface area (Å²) < 4.78 is 1.95. The lowest BCUT2D eigenvalue weighted by Gasteiger charge is -2.05. The summed E-state index contributed by atoms with van der Waals surface area (Å²) in [6.45, 7) is 2.01. The average molecular weight is 268 g/mol. The molecule has 92 valence electrons. The number of nitriles is 1. The van der Waals surface area contributed by atoms with Gasteiger partial charge in [0.05, 0.1) is 16.1 Å². The summed E-state index contributed by atoms with van der Waals surface area (Å²) in [7, 11) is 0. The number of hydrogen-bond acceptors (Lipinski definition) is 2. The molecule has 0 atom stereocenters. The summed E-state index contributed by atoms with van der Waals surface area (Å²) in [5.74, 6) is 0. The molecular formula is C15H10ClN3. The topological polar surface area (TPSA) is 41.1 Å². The second kappa shape index (κ2) is 4.42. The van der Waals surface area contributed by atoms with E-state index in [0.29, 0.717) is 10.6 Å². The molecule has 0 aliphatic heterocycles. The van der Waals surface area contributed by atoms with Gasteiger partial charge < -0.3 is 4.40 Å². The first-order valence-electron chi connectivity index (χ1n) is 5.82. The Hall–Kier alpha value is -2.31. The Morgan fingerprint density at radius 2 is 2.21 bits per heavy atom. The molecule has 3 heterocycles. The second-order valence-corrected chi connectivity index (χ2v) is 4.74. The third-order valence-corrected chi connectivity index (χ3v) is 3.47. The first-order chi connectivity index (χ1) is 9.22. The van der Waals surface area contributed by atoms with Gasteiger partial charge in [-0.05, 0) is 30.7 Å². The van der Waals surface area contributed by atoms with Crippen molar-refractivity contribution in [2.45, 2.75) is 6.92 Å². The number of hydrogen-bond donors (Lipinski definition) is 0. The number of nitrogens with zero attached hydrogens (tertiary/aromatic N) is 3. The van der Waals surface area contributed by atoms with Crippen molar-refractivity contribution in [3.05, 3.63) is 59.1 Å². The highest BCUT2D eigenvalue weighted by atomic mass is 35.5. The maximum atomic E-state index is 9.27. The Balaban J connectivity index is 2.45. The zero-order valence-electron chi connectivity index (χ0n) is 10.3. The molecular weight excluding hydrogens is 258 g/mol. The molecule has 4 heteroatoms. The minimum Gasteiger partial charge on any atom is -0.322 e. The van der Waals surface area contributed by atoms with E-state index < -0.39 is 0 Å².